The van der Waals surface area contributed by atoms with Crippen molar-refractivity contribution >= 4 is 0 Å². The monoisotopic (exact) mass is 262 g/mol. The molecule has 0 saturated heterocycles. The van der Waals surface area contributed by atoms with Crippen molar-refractivity contribution in [2.24, 2.45) is 0 Å². The zero-order valence-electron chi connectivity index (χ0n) is 12.1. The second-order valence-electron chi connectivity index (χ2n) is 5.25. The molecule has 0 aromatic heterocycles. The van der Waals surface area contributed by atoms with Gasteiger partial charge in [0.2, 0.25) is 0 Å². The van der Waals surface area contributed by atoms with Crippen LogP contribution in [0.3, 0.4) is 0 Å². The van der Waals surface area contributed by atoms with Crippen LogP contribution in [0, 0.1) is 0 Å². The standard InChI is InChI=1S/C16H26N2O/c1-3-19-16-10-15(11-16)18-12-14-7-5-4-6-13(14)8-9-17-2/h4-7,15-18H,3,8-12H2,1-2H3. The summed E-state index contributed by atoms with van der Waals surface area (Å²) in [4.78, 5) is 0. The van der Waals surface area contributed by atoms with Crippen LogP contribution >= 0.6 is 0 Å². The van der Waals surface area contributed by atoms with Crippen molar-refractivity contribution in [3.8, 4) is 0 Å². The second-order valence-corrected chi connectivity index (χ2v) is 5.25. The molecule has 1 fully saturated rings. The summed E-state index contributed by atoms with van der Waals surface area (Å²) in [6.07, 6.45) is 3.90. The van der Waals surface area contributed by atoms with Crippen LogP contribution in [0.15, 0.2) is 24.3 Å². The first-order valence-electron chi connectivity index (χ1n) is 7.39. The molecule has 0 radical (unpaired) electrons. The maximum absolute atomic E-state index is 5.59. The number of benzene rings is 1. The molecule has 0 atom stereocenters. The van der Waals surface area contributed by atoms with Crippen LogP contribution in [0.2, 0.25) is 0 Å². The molecule has 0 unspecified atom stereocenters. The van der Waals surface area contributed by atoms with E-state index in [0.29, 0.717) is 12.1 Å². The van der Waals surface area contributed by atoms with Gasteiger partial charge >= 0.3 is 0 Å². The van der Waals surface area contributed by atoms with E-state index in [2.05, 4.69) is 41.8 Å². The van der Waals surface area contributed by atoms with E-state index >= 15 is 0 Å². The third kappa shape index (κ3) is 4.30. The molecule has 1 aromatic carbocycles. The van der Waals surface area contributed by atoms with Gasteiger partial charge in [0.05, 0.1) is 6.10 Å². The average Bonchev–Trinajstić information content (AvgIpc) is 2.40. The lowest BCUT2D eigenvalue weighted by Gasteiger charge is -2.35. The van der Waals surface area contributed by atoms with E-state index in [1.54, 1.807) is 0 Å². The number of ether oxygens (including phenoxy) is 1. The summed E-state index contributed by atoms with van der Waals surface area (Å²) in [6, 6.07) is 9.36. The van der Waals surface area contributed by atoms with Gasteiger partial charge in [0, 0.05) is 19.2 Å². The Balaban J connectivity index is 1.77. The van der Waals surface area contributed by atoms with E-state index in [9.17, 15) is 0 Å². The van der Waals surface area contributed by atoms with Gasteiger partial charge in [0.1, 0.15) is 0 Å². The van der Waals surface area contributed by atoms with Crippen molar-refractivity contribution in [3.05, 3.63) is 35.4 Å². The summed E-state index contributed by atoms with van der Waals surface area (Å²) in [5, 5.41) is 6.85. The van der Waals surface area contributed by atoms with Gasteiger partial charge in [-0.2, -0.15) is 0 Å². The molecule has 2 N–H and O–H groups in total. The number of hydrogen-bond acceptors (Lipinski definition) is 3. The third-order valence-corrected chi connectivity index (χ3v) is 3.84. The van der Waals surface area contributed by atoms with E-state index < -0.39 is 0 Å². The van der Waals surface area contributed by atoms with Crippen LogP contribution in [-0.4, -0.2) is 32.3 Å². The van der Waals surface area contributed by atoms with Crippen molar-refractivity contribution < 1.29 is 4.74 Å². The first-order chi connectivity index (χ1) is 9.33. The summed E-state index contributed by atoms with van der Waals surface area (Å²) in [5.74, 6) is 0. The molecule has 0 amide bonds. The van der Waals surface area contributed by atoms with Crippen LogP contribution in [0.5, 0.6) is 0 Å². The molecule has 19 heavy (non-hydrogen) atoms. The summed E-state index contributed by atoms with van der Waals surface area (Å²) >= 11 is 0. The number of nitrogens with one attached hydrogen (secondary N) is 2. The van der Waals surface area contributed by atoms with Crippen molar-refractivity contribution in [1.82, 2.24) is 10.6 Å². The van der Waals surface area contributed by atoms with Gasteiger partial charge in [0.25, 0.3) is 0 Å². The Bertz CT molecular complexity index is 375. The molecule has 2 rings (SSSR count). The Kier molecular flexibility index (Phi) is 5.83. The smallest absolute Gasteiger partial charge is 0.0604 e. The van der Waals surface area contributed by atoms with Gasteiger partial charge in [-0.3, -0.25) is 0 Å². The third-order valence-electron chi connectivity index (χ3n) is 3.84. The normalized spacial score (nSPS) is 22.2. The van der Waals surface area contributed by atoms with Crippen LogP contribution in [0.4, 0.5) is 0 Å². The SMILES string of the molecule is CCOC1CC(NCc2ccccc2CCNC)C1. The largest absolute Gasteiger partial charge is 0.378 e. The minimum absolute atomic E-state index is 0.488. The number of likely N-dealkylation sites (N-methyl/N-ethyl adjacent to an activating group) is 1. The number of hydrogen-bond donors (Lipinski definition) is 2. The minimum atomic E-state index is 0.488. The molecule has 3 heteroatoms. The lowest BCUT2D eigenvalue weighted by Crippen LogP contribution is -2.45. The Morgan fingerprint density at radius 1 is 1.21 bits per heavy atom. The molecule has 1 saturated carbocycles. The number of rotatable bonds is 8. The molecule has 1 aliphatic carbocycles. The molecule has 3 nitrogen and oxygen atoms in total. The average molecular weight is 262 g/mol. The quantitative estimate of drug-likeness (QED) is 0.753. The lowest BCUT2D eigenvalue weighted by atomic mass is 9.89. The van der Waals surface area contributed by atoms with Gasteiger partial charge in [-0.05, 0) is 50.9 Å². The summed E-state index contributed by atoms with van der Waals surface area (Å²) < 4.78 is 5.59. The molecule has 0 bridgehead atoms. The molecule has 0 aliphatic heterocycles. The maximum atomic E-state index is 5.59. The summed E-state index contributed by atoms with van der Waals surface area (Å²) in [6.45, 7) is 4.92. The van der Waals surface area contributed by atoms with Crippen LogP contribution < -0.4 is 10.6 Å². The zero-order chi connectivity index (χ0) is 13.5. The van der Waals surface area contributed by atoms with Gasteiger partial charge in [-0.1, -0.05) is 24.3 Å². The Hall–Kier alpha value is -0.900. The highest BCUT2D eigenvalue weighted by Crippen LogP contribution is 2.23. The Morgan fingerprint density at radius 3 is 2.63 bits per heavy atom. The Labute approximate surface area is 116 Å². The van der Waals surface area contributed by atoms with Crippen molar-refractivity contribution in [1.29, 1.82) is 0 Å². The van der Waals surface area contributed by atoms with Crippen molar-refractivity contribution in [2.75, 3.05) is 20.2 Å². The highest BCUT2D eigenvalue weighted by atomic mass is 16.5. The molecule has 1 aromatic rings. The molecule has 1 aliphatic rings. The maximum Gasteiger partial charge on any atom is 0.0604 e. The topological polar surface area (TPSA) is 33.3 Å². The van der Waals surface area contributed by atoms with E-state index in [4.69, 9.17) is 4.74 Å². The van der Waals surface area contributed by atoms with Crippen LogP contribution in [0.1, 0.15) is 30.9 Å². The van der Waals surface area contributed by atoms with Crippen LogP contribution in [-0.2, 0) is 17.7 Å². The first-order valence-corrected chi connectivity index (χ1v) is 7.39. The molecule has 106 valence electrons. The predicted molar refractivity (Wildman–Crippen MR) is 79.3 cm³/mol. The zero-order valence-corrected chi connectivity index (χ0v) is 12.1. The fraction of sp³-hybridized carbons (Fsp3) is 0.625. The van der Waals surface area contributed by atoms with Gasteiger partial charge < -0.3 is 15.4 Å². The molecular formula is C16H26N2O. The fourth-order valence-electron chi connectivity index (χ4n) is 2.59. The summed E-state index contributed by atoms with van der Waals surface area (Å²) in [7, 11) is 2.00. The Morgan fingerprint density at radius 2 is 1.95 bits per heavy atom. The van der Waals surface area contributed by atoms with Gasteiger partial charge in [-0.15, -0.1) is 0 Å². The summed E-state index contributed by atoms with van der Waals surface area (Å²) in [5.41, 5.74) is 2.88. The van der Waals surface area contributed by atoms with Gasteiger partial charge in [-0.25, -0.2) is 0 Å². The minimum Gasteiger partial charge on any atom is -0.378 e. The molecule has 0 spiro atoms. The highest BCUT2D eigenvalue weighted by Gasteiger charge is 2.28. The highest BCUT2D eigenvalue weighted by molar-refractivity contribution is 5.27. The fourth-order valence-corrected chi connectivity index (χ4v) is 2.59. The predicted octanol–water partition coefficient (Wildman–Crippen LogP) is 2.11. The van der Waals surface area contributed by atoms with E-state index in [-0.39, 0.29) is 0 Å². The molecule has 0 heterocycles. The van der Waals surface area contributed by atoms with E-state index in [1.807, 2.05) is 7.05 Å². The van der Waals surface area contributed by atoms with E-state index in [0.717, 1.165) is 39.0 Å². The van der Waals surface area contributed by atoms with Gasteiger partial charge in [0.15, 0.2) is 0 Å². The van der Waals surface area contributed by atoms with Crippen LogP contribution in [0.25, 0.3) is 0 Å². The molecular weight excluding hydrogens is 236 g/mol. The van der Waals surface area contributed by atoms with E-state index in [1.165, 1.54) is 11.1 Å². The second kappa shape index (κ2) is 7.63. The first kappa shape index (κ1) is 14.5. The van der Waals surface area contributed by atoms with Crippen molar-refractivity contribution in [3.63, 3.8) is 0 Å². The van der Waals surface area contributed by atoms with Crippen molar-refractivity contribution in [2.45, 2.75) is 44.9 Å². The lowest BCUT2D eigenvalue weighted by molar-refractivity contribution is -0.0102.